The summed E-state index contributed by atoms with van der Waals surface area (Å²) in [5.74, 6) is 0.665. The molecule has 0 fully saturated rings. The summed E-state index contributed by atoms with van der Waals surface area (Å²) >= 11 is 3.40. The van der Waals surface area contributed by atoms with Gasteiger partial charge in [-0.3, -0.25) is 0 Å². The van der Waals surface area contributed by atoms with Crippen LogP contribution in [-0.2, 0) is 17.6 Å². The zero-order chi connectivity index (χ0) is 16.2. The Hall–Kier alpha value is -0.763. The minimum atomic E-state index is -0.0735. The summed E-state index contributed by atoms with van der Waals surface area (Å²) in [5, 5.41) is 9.71. The Balaban J connectivity index is 1.91. The van der Waals surface area contributed by atoms with E-state index in [0.29, 0.717) is 15.6 Å². The quantitative estimate of drug-likeness (QED) is 0.588. The highest BCUT2D eigenvalue weighted by Crippen LogP contribution is 2.21. The maximum atomic E-state index is 9.47. The number of rotatable bonds is 7. The highest BCUT2D eigenvalue weighted by atomic mass is 79.9. The lowest BCUT2D eigenvalue weighted by atomic mass is 10.3. The average Bonchev–Trinajstić information content (AvgIpc) is 2.78. The number of hydrogen-bond donors (Lipinski definition) is 1. The lowest BCUT2D eigenvalue weighted by Gasteiger charge is -2.15. The van der Waals surface area contributed by atoms with Crippen molar-refractivity contribution in [2.24, 2.45) is 0 Å². The van der Waals surface area contributed by atoms with E-state index in [-0.39, 0.29) is 11.6 Å². The van der Waals surface area contributed by atoms with Gasteiger partial charge in [0.25, 0.3) is 0 Å². The molecule has 0 spiro atoms. The van der Waals surface area contributed by atoms with E-state index in [2.05, 4.69) is 46.7 Å². The van der Waals surface area contributed by atoms with Crippen LogP contribution in [0.5, 0.6) is 0 Å². The Kier molecular flexibility index (Phi) is 6.14. The van der Waals surface area contributed by atoms with E-state index in [1.807, 2.05) is 10.6 Å². The van der Waals surface area contributed by atoms with E-state index < -0.39 is 0 Å². The Morgan fingerprint density at radius 1 is 1.36 bits per heavy atom. The molecule has 0 saturated heterocycles. The topological polar surface area (TPSA) is 60.2 Å². The molecule has 0 amide bonds. The van der Waals surface area contributed by atoms with E-state index in [0.717, 1.165) is 41.6 Å². The molecule has 2 heterocycles. The maximum Gasteiger partial charge on any atom is 0.235 e. The number of hydrogen-bond acceptors (Lipinski definition) is 4. The fraction of sp³-hybridized carbons (Fsp3) is 0.600. The number of halogens is 1. The van der Waals surface area contributed by atoms with Gasteiger partial charge in [-0.25, -0.2) is 9.97 Å². The van der Waals surface area contributed by atoms with Crippen LogP contribution in [0.3, 0.4) is 0 Å². The van der Waals surface area contributed by atoms with Crippen molar-refractivity contribution in [2.45, 2.75) is 51.8 Å². The van der Waals surface area contributed by atoms with Crippen LogP contribution in [0.1, 0.15) is 39.4 Å². The third kappa shape index (κ3) is 4.87. The molecule has 0 aliphatic heterocycles. The fourth-order valence-electron chi connectivity index (χ4n) is 2.10. The number of fused-ring (bicyclic) bond motifs is 1. The Bertz CT molecular complexity index is 625. The van der Waals surface area contributed by atoms with Crippen molar-refractivity contribution in [1.82, 2.24) is 14.5 Å². The molecule has 2 rings (SSSR count). The standard InChI is InChI=1S/C15H22BrN3O2Si/c1-15(2,3)22-21-7-5-4-6-19-13(10-20)18-12-8-11(16)9-17-14(12)19/h8-9,20H,4-7,10H2,1-3H3. The summed E-state index contributed by atoms with van der Waals surface area (Å²) in [7, 11) is 0.529. The van der Waals surface area contributed by atoms with Crippen molar-refractivity contribution in [3.05, 3.63) is 22.6 Å². The van der Waals surface area contributed by atoms with Gasteiger partial charge in [0.15, 0.2) is 5.65 Å². The molecule has 0 bridgehead atoms. The summed E-state index contributed by atoms with van der Waals surface area (Å²) in [6.07, 6.45) is 3.73. The van der Waals surface area contributed by atoms with E-state index in [1.165, 1.54) is 0 Å². The van der Waals surface area contributed by atoms with Gasteiger partial charge in [0, 0.05) is 23.8 Å². The van der Waals surface area contributed by atoms with Crippen LogP contribution < -0.4 is 0 Å². The van der Waals surface area contributed by atoms with Crippen LogP contribution in [0.4, 0.5) is 0 Å². The van der Waals surface area contributed by atoms with Gasteiger partial charge in [0.1, 0.15) is 17.9 Å². The predicted octanol–water partition coefficient (Wildman–Crippen LogP) is 3.32. The predicted molar refractivity (Wildman–Crippen MR) is 91.8 cm³/mol. The molecule has 0 aliphatic rings. The smallest absolute Gasteiger partial charge is 0.235 e. The second-order valence-electron chi connectivity index (χ2n) is 6.24. The minimum absolute atomic E-state index is 0.0735. The molecule has 2 aromatic heterocycles. The zero-order valence-corrected chi connectivity index (χ0v) is 15.9. The first kappa shape index (κ1) is 17.6. The summed E-state index contributed by atoms with van der Waals surface area (Å²) in [6.45, 7) is 8.04. The number of aliphatic hydroxyl groups excluding tert-OH is 1. The van der Waals surface area contributed by atoms with Gasteiger partial charge in [0.05, 0.1) is 0 Å². The molecule has 2 aromatic rings. The Morgan fingerprint density at radius 3 is 2.82 bits per heavy atom. The first-order valence-electron chi connectivity index (χ1n) is 7.41. The third-order valence-corrected chi connectivity index (χ3v) is 4.42. The average molecular weight is 384 g/mol. The van der Waals surface area contributed by atoms with Crippen molar-refractivity contribution in [2.75, 3.05) is 6.61 Å². The van der Waals surface area contributed by atoms with E-state index in [1.54, 1.807) is 6.20 Å². The summed E-state index contributed by atoms with van der Waals surface area (Å²) in [6, 6.07) is 1.92. The summed E-state index contributed by atoms with van der Waals surface area (Å²) in [5.41, 5.74) is 1.63. The van der Waals surface area contributed by atoms with Gasteiger partial charge in [-0.05, 0) is 39.9 Å². The first-order chi connectivity index (χ1) is 10.4. The molecule has 0 unspecified atom stereocenters. The highest BCUT2D eigenvalue weighted by molar-refractivity contribution is 9.10. The van der Waals surface area contributed by atoms with Crippen LogP contribution in [-0.4, -0.2) is 36.0 Å². The molecule has 5 nitrogen and oxygen atoms in total. The summed E-state index contributed by atoms with van der Waals surface area (Å²) in [4.78, 5) is 8.84. The number of aliphatic hydroxyl groups is 1. The SMILES string of the molecule is CC(C)(C)[Si]OCCCCn1c(CO)nc2cc(Br)cnc21. The monoisotopic (exact) mass is 383 g/mol. The number of pyridine rings is 1. The summed E-state index contributed by atoms with van der Waals surface area (Å²) < 4.78 is 8.60. The molecule has 0 saturated carbocycles. The number of aryl methyl sites for hydroxylation is 1. The van der Waals surface area contributed by atoms with Crippen LogP contribution in [0, 0.1) is 0 Å². The van der Waals surface area contributed by atoms with Crippen molar-refractivity contribution >= 4 is 36.9 Å². The van der Waals surface area contributed by atoms with Gasteiger partial charge >= 0.3 is 0 Å². The van der Waals surface area contributed by atoms with Gasteiger partial charge in [0.2, 0.25) is 9.76 Å². The van der Waals surface area contributed by atoms with E-state index in [9.17, 15) is 5.11 Å². The van der Waals surface area contributed by atoms with Crippen molar-refractivity contribution in [3.8, 4) is 0 Å². The number of imidazole rings is 1. The Morgan fingerprint density at radius 2 is 2.14 bits per heavy atom. The number of nitrogens with zero attached hydrogens (tertiary/aromatic N) is 3. The van der Waals surface area contributed by atoms with E-state index in [4.69, 9.17) is 4.43 Å². The molecule has 7 heteroatoms. The number of aromatic nitrogens is 3. The van der Waals surface area contributed by atoms with Gasteiger partial charge < -0.3 is 14.1 Å². The van der Waals surface area contributed by atoms with Crippen LogP contribution in [0.25, 0.3) is 11.2 Å². The lowest BCUT2D eigenvalue weighted by molar-refractivity contribution is 0.263. The molecule has 22 heavy (non-hydrogen) atoms. The maximum absolute atomic E-state index is 9.47. The molecule has 0 aliphatic carbocycles. The molecule has 120 valence electrons. The van der Waals surface area contributed by atoms with Crippen LogP contribution in [0.2, 0.25) is 5.04 Å². The van der Waals surface area contributed by atoms with Crippen molar-refractivity contribution in [1.29, 1.82) is 0 Å². The minimum Gasteiger partial charge on any atom is -0.417 e. The van der Waals surface area contributed by atoms with Gasteiger partial charge in [-0.2, -0.15) is 0 Å². The highest BCUT2D eigenvalue weighted by Gasteiger charge is 2.13. The van der Waals surface area contributed by atoms with Gasteiger partial charge in [-0.1, -0.05) is 20.8 Å². The lowest BCUT2D eigenvalue weighted by Crippen LogP contribution is -2.13. The van der Waals surface area contributed by atoms with Crippen LogP contribution >= 0.6 is 15.9 Å². The first-order valence-corrected chi connectivity index (χ1v) is 9.11. The zero-order valence-electron chi connectivity index (χ0n) is 13.3. The van der Waals surface area contributed by atoms with Crippen molar-refractivity contribution in [3.63, 3.8) is 0 Å². The molecule has 2 radical (unpaired) electrons. The van der Waals surface area contributed by atoms with Crippen LogP contribution in [0.15, 0.2) is 16.7 Å². The molecule has 0 atom stereocenters. The fourth-order valence-corrected chi connectivity index (χ4v) is 3.10. The second kappa shape index (κ2) is 7.67. The Labute approximate surface area is 142 Å². The molecule has 1 N–H and O–H groups in total. The van der Waals surface area contributed by atoms with E-state index >= 15 is 0 Å². The van der Waals surface area contributed by atoms with Crippen molar-refractivity contribution < 1.29 is 9.53 Å². The molecular formula is C15H22BrN3O2Si. The second-order valence-corrected chi connectivity index (χ2v) is 9.15. The molecule has 0 aromatic carbocycles. The number of unbranched alkanes of at least 4 members (excludes halogenated alkanes) is 1. The largest absolute Gasteiger partial charge is 0.417 e. The normalized spacial score (nSPS) is 12.2. The van der Waals surface area contributed by atoms with Gasteiger partial charge in [-0.15, -0.1) is 0 Å². The third-order valence-electron chi connectivity index (χ3n) is 3.03. The molecular weight excluding hydrogens is 362 g/mol.